The molecule has 4 heteroatoms. The van der Waals surface area contributed by atoms with Gasteiger partial charge in [-0.15, -0.1) is 0 Å². The van der Waals surface area contributed by atoms with E-state index in [1.807, 2.05) is 48.5 Å². The van der Waals surface area contributed by atoms with Crippen LogP contribution in [0.25, 0.3) is 66.1 Å². The van der Waals surface area contributed by atoms with Gasteiger partial charge in [0.05, 0.1) is 5.39 Å². The van der Waals surface area contributed by atoms with Crippen LogP contribution in [0.15, 0.2) is 108 Å². The minimum absolute atomic E-state index is 0.314. The smallest absolute Gasteiger partial charge is 0.191 e. The molecular formula is C30H17ClN2O. The Morgan fingerprint density at radius 3 is 1.94 bits per heavy atom. The van der Waals surface area contributed by atoms with Crippen LogP contribution >= 0.6 is 11.6 Å². The van der Waals surface area contributed by atoms with Gasteiger partial charge in [-0.3, -0.25) is 0 Å². The van der Waals surface area contributed by atoms with Gasteiger partial charge >= 0.3 is 0 Å². The van der Waals surface area contributed by atoms with Crippen LogP contribution in [0.5, 0.6) is 0 Å². The van der Waals surface area contributed by atoms with Crippen molar-refractivity contribution in [3.05, 3.63) is 108 Å². The summed E-state index contributed by atoms with van der Waals surface area (Å²) in [4.78, 5) is 9.62. The Morgan fingerprint density at radius 2 is 1.15 bits per heavy atom. The van der Waals surface area contributed by atoms with Gasteiger partial charge in [-0.2, -0.15) is 0 Å². The highest BCUT2D eigenvalue weighted by molar-refractivity contribution is 6.36. The Labute approximate surface area is 200 Å². The van der Waals surface area contributed by atoms with Crippen molar-refractivity contribution in [1.29, 1.82) is 0 Å². The first-order chi connectivity index (χ1) is 16.8. The number of hydrogen-bond donors (Lipinski definition) is 0. The summed E-state index contributed by atoms with van der Waals surface area (Å²) in [6.45, 7) is 0. The molecule has 0 atom stereocenters. The minimum atomic E-state index is 0.314. The number of furan rings is 1. The number of halogens is 1. The topological polar surface area (TPSA) is 38.9 Å². The minimum Gasteiger partial charge on any atom is -0.450 e. The fourth-order valence-corrected chi connectivity index (χ4v) is 5.04. The van der Waals surface area contributed by atoms with Crippen LogP contribution in [-0.4, -0.2) is 9.97 Å². The number of fused-ring (bicyclic) bond motifs is 8. The number of nitrogens with zero attached hydrogens (tertiary/aromatic N) is 2. The van der Waals surface area contributed by atoms with E-state index in [0.717, 1.165) is 54.7 Å². The lowest BCUT2D eigenvalue weighted by Crippen LogP contribution is -1.91. The average Bonchev–Trinajstić information content (AvgIpc) is 3.30. The van der Waals surface area contributed by atoms with Crippen molar-refractivity contribution in [3.8, 4) is 22.5 Å². The molecule has 0 aliphatic heterocycles. The highest BCUT2D eigenvalue weighted by Crippen LogP contribution is 2.42. The molecule has 5 aromatic carbocycles. The van der Waals surface area contributed by atoms with Crippen molar-refractivity contribution in [2.75, 3.05) is 0 Å². The van der Waals surface area contributed by atoms with Gasteiger partial charge in [-0.25, -0.2) is 9.97 Å². The van der Waals surface area contributed by atoms with Crippen LogP contribution in [0.2, 0.25) is 5.15 Å². The standard InChI is InChI=1S/C30H17ClN2O/c31-29-28-26(32-30(33-29)20-12-8-11-19(17-20)18-9-2-1-3-10-18)25-23-15-6-4-13-21(23)22-14-5-7-16-24(22)27(25)34-28/h1-17H. The largest absolute Gasteiger partial charge is 0.450 e. The van der Waals surface area contributed by atoms with Crippen LogP contribution in [-0.2, 0) is 0 Å². The van der Waals surface area contributed by atoms with Gasteiger partial charge in [0, 0.05) is 10.9 Å². The van der Waals surface area contributed by atoms with Gasteiger partial charge in [0.15, 0.2) is 16.6 Å². The summed E-state index contributed by atoms with van der Waals surface area (Å²) in [5.74, 6) is 0.579. The molecule has 160 valence electrons. The van der Waals surface area contributed by atoms with Crippen LogP contribution < -0.4 is 0 Å². The Balaban J connectivity index is 1.55. The molecule has 0 aliphatic rings. The first-order valence-electron chi connectivity index (χ1n) is 11.1. The molecule has 7 rings (SSSR count). The first-order valence-corrected chi connectivity index (χ1v) is 11.5. The SMILES string of the molecule is Clc1nc(-c2cccc(-c3ccccc3)c2)nc2c1oc1c3ccccc3c3ccccc3c21. The zero-order valence-electron chi connectivity index (χ0n) is 18.0. The number of benzene rings is 5. The van der Waals surface area contributed by atoms with Crippen molar-refractivity contribution >= 4 is 55.2 Å². The van der Waals surface area contributed by atoms with Gasteiger partial charge in [-0.1, -0.05) is 109 Å². The molecule has 7 aromatic rings. The monoisotopic (exact) mass is 456 g/mol. The van der Waals surface area contributed by atoms with Crippen LogP contribution in [0.3, 0.4) is 0 Å². The first kappa shape index (κ1) is 19.3. The van der Waals surface area contributed by atoms with Crippen molar-refractivity contribution in [1.82, 2.24) is 9.97 Å². The molecule has 0 amide bonds. The lowest BCUT2D eigenvalue weighted by molar-refractivity contribution is 0.670. The van der Waals surface area contributed by atoms with Gasteiger partial charge in [0.1, 0.15) is 11.1 Å². The molecule has 0 saturated carbocycles. The van der Waals surface area contributed by atoms with E-state index in [1.165, 1.54) is 0 Å². The summed E-state index contributed by atoms with van der Waals surface area (Å²) in [5.41, 5.74) is 5.19. The molecule has 0 bridgehead atoms. The summed E-state index contributed by atoms with van der Waals surface area (Å²) in [6.07, 6.45) is 0. The molecule has 2 aromatic heterocycles. The molecule has 0 aliphatic carbocycles. The Kier molecular flexibility index (Phi) is 4.20. The van der Waals surface area contributed by atoms with Crippen LogP contribution in [0.1, 0.15) is 0 Å². The molecule has 0 fully saturated rings. The summed E-state index contributed by atoms with van der Waals surface area (Å²) >= 11 is 6.70. The quantitative estimate of drug-likeness (QED) is 0.193. The molecule has 0 radical (unpaired) electrons. The fraction of sp³-hybridized carbons (Fsp3) is 0. The maximum absolute atomic E-state index is 6.70. The molecule has 3 nitrogen and oxygen atoms in total. The van der Waals surface area contributed by atoms with E-state index in [-0.39, 0.29) is 0 Å². The van der Waals surface area contributed by atoms with E-state index < -0.39 is 0 Å². The number of hydrogen-bond acceptors (Lipinski definition) is 3. The third-order valence-electron chi connectivity index (χ3n) is 6.38. The Morgan fingerprint density at radius 1 is 0.529 bits per heavy atom. The van der Waals surface area contributed by atoms with Gasteiger partial charge in [0.25, 0.3) is 0 Å². The van der Waals surface area contributed by atoms with Gasteiger partial charge in [-0.05, 0) is 33.4 Å². The predicted octanol–water partition coefficient (Wildman–Crippen LogP) is 8.67. The zero-order valence-corrected chi connectivity index (χ0v) is 18.8. The number of rotatable bonds is 2. The van der Waals surface area contributed by atoms with E-state index in [2.05, 4.69) is 59.6 Å². The number of aromatic nitrogens is 2. The molecule has 0 unspecified atom stereocenters. The van der Waals surface area contributed by atoms with E-state index in [0.29, 0.717) is 16.6 Å². The maximum atomic E-state index is 6.70. The third kappa shape index (κ3) is 2.84. The van der Waals surface area contributed by atoms with Gasteiger partial charge < -0.3 is 4.42 Å². The van der Waals surface area contributed by atoms with Crippen molar-refractivity contribution in [2.24, 2.45) is 0 Å². The predicted molar refractivity (Wildman–Crippen MR) is 140 cm³/mol. The van der Waals surface area contributed by atoms with Crippen LogP contribution in [0.4, 0.5) is 0 Å². The Hall–Kier alpha value is -4.21. The molecule has 0 N–H and O–H groups in total. The van der Waals surface area contributed by atoms with E-state index in [1.54, 1.807) is 0 Å². The van der Waals surface area contributed by atoms with Crippen molar-refractivity contribution in [2.45, 2.75) is 0 Å². The van der Waals surface area contributed by atoms with E-state index >= 15 is 0 Å². The lowest BCUT2D eigenvalue weighted by Gasteiger charge is -2.07. The normalized spacial score (nSPS) is 11.7. The summed E-state index contributed by atoms with van der Waals surface area (Å²) in [6, 6.07) is 35.1. The summed E-state index contributed by atoms with van der Waals surface area (Å²) in [7, 11) is 0. The fourth-order valence-electron chi connectivity index (χ4n) is 4.83. The zero-order chi connectivity index (χ0) is 22.6. The molecular weight excluding hydrogens is 440 g/mol. The summed E-state index contributed by atoms with van der Waals surface area (Å²) in [5, 5.41) is 5.72. The Bertz CT molecular complexity index is 1870. The summed E-state index contributed by atoms with van der Waals surface area (Å²) < 4.78 is 6.33. The van der Waals surface area contributed by atoms with Crippen molar-refractivity contribution in [3.63, 3.8) is 0 Å². The molecule has 34 heavy (non-hydrogen) atoms. The second-order valence-electron chi connectivity index (χ2n) is 8.36. The second-order valence-corrected chi connectivity index (χ2v) is 8.72. The molecule has 0 spiro atoms. The molecule has 2 heterocycles. The maximum Gasteiger partial charge on any atom is 0.191 e. The third-order valence-corrected chi connectivity index (χ3v) is 6.63. The van der Waals surface area contributed by atoms with E-state index in [4.69, 9.17) is 21.0 Å². The van der Waals surface area contributed by atoms with Crippen LogP contribution in [0, 0.1) is 0 Å². The lowest BCUT2D eigenvalue weighted by atomic mass is 9.98. The second kappa shape index (κ2) is 7.41. The average molecular weight is 457 g/mol. The van der Waals surface area contributed by atoms with Crippen molar-refractivity contribution < 1.29 is 4.42 Å². The highest BCUT2D eigenvalue weighted by atomic mass is 35.5. The highest BCUT2D eigenvalue weighted by Gasteiger charge is 2.20. The van der Waals surface area contributed by atoms with Gasteiger partial charge in [0.2, 0.25) is 0 Å². The molecule has 0 saturated heterocycles. The van der Waals surface area contributed by atoms with E-state index in [9.17, 15) is 0 Å².